The molecule has 0 radical (unpaired) electrons. The van der Waals surface area contributed by atoms with Gasteiger partial charge < -0.3 is 15.4 Å². The third-order valence-electron chi connectivity index (χ3n) is 5.37. The Hall–Kier alpha value is -1.91. The Morgan fingerprint density at radius 2 is 2.17 bits per heavy atom. The van der Waals surface area contributed by atoms with Crippen LogP contribution in [0.15, 0.2) is 30.0 Å². The average molecular weight is 464 g/mol. The quantitative estimate of drug-likeness (QED) is 0.617. The molecule has 2 aliphatic rings. The van der Waals surface area contributed by atoms with E-state index in [9.17, 15) is 4.79 Å². The number of aromatic nitrogens is 3. The number of nitrogens with zero attached hydrogens (tertiary/aromatic N) is 3. The van der Waals surface area contributed by atoms with Crippen LogP contribution in [0.1, 0.15) is 38.6 Å². The zero-order valence-corrected chi connectivity index (χ0v) is 18.7. The van der Waals surface area contributed by atoms with Crippen LogP contribution in [0.3, 0.4) is 0 Å². The van der Waals surface area contributed by atoms with Crippen LogP contribution >= 0.6 is 35.1 Å². The molecule has 1 saturated heterocycles. The van der Waals surface area contributed by atoms with Gasteiger partial charge in [-0.1, -0.05) is 0 Å². The molecular formula is C20H22ClN5O2S2. The van der Waals surface area contributed by atoms with Crippen molar-refractivity contribution in [1.29, 1.82) is 0 Å². The lowest BCUT2D eigenvalue weighted by molar-refractivity contribution is -0.0771. The number of rotatable bonds is 4. The normalized spacial score (nSPS) is 17.2. The molecule has 30 heavy (non-hydrogen) atoms. The number of hydrogen-bond acceptors (Lipinski definition) is 8. The molecule has 3 aromatic heterocycles. The Bertz CT molecular complexity index is 1020. The molecule has 0 unspecified atom stereocenters. The molecule has 2 aliphatic heterocycles. The summed E-state index contributed by atoms with van der Waals surface area (Å²) in [6.07, 6.45) is 7.78. The monoisotopic (exact) mass is 463 g/mol. The lowest BCUT2D eigenvalue weighted by Crippen LogP contribution is -2.43. The zero-order chi connectivity index (χ0) is 19.7. The van der Waals surface area contributed by atoms with E-state index in [0.717, 1.165) is 60.2 Å². The Morgan fingerprint density at radius 3 is 2.97 bits per heavy atom. The van der Waals surface area contributed by atoms with Crippen LogP contribution in [-0.4, -0.2) is 40.6 Å². The molecule has 1 spiro atoms. The molecule has 10 heteroatoms. The van der Waals surface area contributed by atoms with Crippen LogP contribution in [-0.2, 0) is 23.3 Å². The lowest BCUT2D eigenvalue weighted by atomic mass is 9.86. The number of amides is 1. The van der Waals surface area contributed by atoms with Gasteiger partial charge in [0.2, 0.25) is 0 Å². The molecule has 7 nitrogen and oxygen atoms in total. The zero-order valence-electron chi connectivity index (χ0n) is 16.2. The molecule has 158 valence electrons. The van der Waals surface area contributed by atoms with Gasteiger partial charge in [0.25, 0.3) is 5.91 Å². The van der Waals surface area contributed by atoms with E-state index in [1.165, 1.54) is 21.8 Å². The van der Waals surface area contributed by atoms with E-state index in [0.29, 0.717) is 6.54 Å². The van der Waals surface area contributed by atoms with Gasteiger partial charge >= 0.3 is 0 Å². The summed E-state index contributed by atoms with van der Waals surface area (Å²) in [5.41, 5.74) is 2.63. The molecule has 1 amide bonds. The second-order valence-electron chi connectivity index (χ2n) is 7.23. The van der Waals surface area contributed by atoms with Gasteiger partial charge in [-0.3, -0.25) is 14.8 Å². The van der Waals surface area contributed by atoms with Crippen molar-refractivity contribution >= 4 is 41.0 Å². The lowest BCUT2D eigenvalue weighted by Gasteiger charge is -2.40. The molecule has 5 rings (SSSR count). The minimum Gasteiger partial charge on any atom is -0.369 e. The SMILES string of the molecule is Cl.O=C(NCc1csc(-c2cnccn2)n1)c1cc2c(s1)C1(CCNCC1)OCC2. The first-order valence-electron chi connectivity index (χ1n) is 9.70. The predicted octanol–water partition coefficient (Wildman–Crippen LogP) is 3.16. The van der Waals surface area contributed by atoms with E-state index < -0.39 is 0 Å². The maximum absolute atomic E-state index is 12.8. The van der Waals surface area contributed by atoms with Crippen LogP contribution < -0.4 is 10.6 Å². The number of thiazole rings is 1. The van der Waals surface area contributed by atoms with Gasteiger partial charge in [0.15, 0.2) is 0 Å². The summed E-state index contributed by atoms with van der Waals surface area (Å²) in [5, 5.41) is 9.16. The first kappa shape index (κ1) is 21.3. The molecular weight excluding hydrogens is 442 g/mol. The van der Waals surface area contributed by atoms with Crippen LogP contribution in [0.2, 0.25) is 0 Å². The number of piperidine rings is 1. The van der Waals surface area contributed by atoms with Crippen molar-refractivity contribution < 1.29 is 9.53 Å². The summed E-state index contributed by atoms with van der Waals surface area (Å²) in [7, 11) is 0. The van der Waals surface area contributed by atoms with Crippen molar-refractivity contribution in [3.63, 3.8) is 0 Å². The molecule has 0 bridgehead atoms. The largest absolute Gasteiger partial charge is 0.369 e. The van der Waals surface area contributed by atoms with E-state index >= 15 is 0 Å². The predicted molar refractivity (Wildman–Crippen MR) is 119 cm³/mol. The van der Waals surface area contributed by atoms with Crippen LogP contribution in [0.4, 0.5) is 0 Å². The number of carbonyl (C=O) groups excluding carboxylic acids is 1. The van der Waals surface area contributed by atoms with E-state index in [1.807, 2.05) is 11.4 Å². The molecule has 0 aromatic carbocycles. The van der Waals surface area contributed by atoms with Gasteiger partial charge in [-0.05, 0) is 44.0 Å². The number of ether oxygens (including phenoxy) is 1. The van der Waals surface area contributed by atoms with Crippen molar-refractivity contribution in [3.05, 3.63) is 51.0 Å². The highest BCUT2D eigenvalue weighted by molar-refractivity contribution is 7.14. The summed E-state index contributed by atoms with van der Waals surface area (Å²) in [5.74, 6) is -0.0532. The third kappa shape index (κ3) is 4.13. The van der Waals surface area contributed by atoms with Gasteiger partial charge in [-0.15, -0.1) is 35.1 Å². The number of hydrogen-bond donors (Lipinski definition) is 2. The topological polar surface area (TPSA) is 89.0 Å². The minimum absolute atomic E-state index is 0. The highest BCUT2D eigenvalue weighted by atomic mass is 35.5. The first-order valence-corrected chi connectivity index (χ1v) is 11.4. The Labute approximate surface area is 188 Å². The molecule has 2 N–H and O–H groups in total. The van der Waals surface area contributed by atoms with Gasteiger partial charge in [0.1, 0.15) is 16.3 Å². The van der Waals surface area contributed by atoms with Crippen molar-refractivity contribution in [1.82, 2.24) is 25.6 Å². The Balaban J connectivity index is 0.00000218. The average Bonchev–Trinajstić information content (AvgIpc) is 3.42. The third-order valence-corrected chi connectivity index (χ3v) is 7.65. The molecule has 0 atom stereocenters. The van der Waals surface area contributed by atoms with E-state index in [-0.39, 0.29) is 23.9 Å². The summed E-state index contributed by atoms with van der Waals surface area (Å²) >= 11 is 3.09. The smallest absolute Gasteiger partial charge is 0.261 e. The second-order valence-corrected chi connectivity index (χ2v) is 9.14. The Kier molecular flexibility index (Phi) is 6.45. The standard InChI is InChI=1S/C20H21N5O2S2.ClH/c26-18(24-10-14-12-28-19(25-14)15-11-22-6-7-23-15)16-9-13-1-8-27-20(17(13)29-16)2-4-21-5-3-20;/h6-7,9,11-12,21H,1-5,8,10H2,(H,24,26);1H. The molecule has 5 heterocycles. The van der Waals surface area contributed by atoms with Gasteiger partial charge in [0.05, 0.1) is 29.9 Å². The fourth-order valence-electron chi connectivity index (χ4n) is 3.91. The number of halogens is 1. The first-order chi connectivity index (χ1) is 14.2. The van der Waals surface area contributed by atoms with Crippen molar-refractivity contribution in [2.24, 2.45) is 0 Å². The summed E-state index contributed by atoms with van der Waals surface area (Å²) in [6, 6.07) is 2.05. The minimum atomic E-state index is -0.206. The van der Waals surface area contributed by atoms with Gasteiger partial charge in [-0.2, -0.15) is 0 Å². The number of carbonyl (C=O) groups is 1. The van der Waals surface area contributed by atoms with Gasteiger partial charge in [-0.25, -0.2) is 4.98 Å². The maximum Gasteiger partial charge on any atom is 0.261 e. The van der Waals surface area contributed by atoms with E-state index in [1.54, 1.807) is 29.9 Å². The molecule has 0 aliphatic carbocycles. The molecule has 3 aromatic rings. The van der Waals surface area contributed by atoms with Crippen molar-refractivity contribution in [2.45, 2.75) is 31.4 Å². The fraction of sp³-hybridized carbons (Fsp3) is 0.400. The summed E-state index contributed by atoms with van der Waals surface area (Å²) in [6.45, 7) is 3.03. The van der Waals surface area contributed by atoms with Gasteiger partial charge in [0, 0.05) is 22.7 Å². The molecule has 0 saturated carbocycles. The Morgan fingerprint density at radius 1 is 1.30 bits per heavy atom. The second kappa shape index (κ2) is 9.07. The maximum atomic E-state index is 12.8. The van der Waals surface area contributed by atoms with Crippen molar-refractivity contribution in [3.8, 4) is 10.7 Å². The highest BCUT2D eigenvalue weighted by Gasteiger charge is 2.41. The molecule has 1 fully saturated rings. The van der Waals surface area contributed by atoms with Crippen molar-refractivity contribution in [2.75, 3.05) is 19.7 Å². The van der Waals surface area contributed by atoms with E-state index in [2.05, 4.69) is 25.6 Å². The van der Waals surface area contributed by atoms with Crippen LogP contribution in [0.5, 0.6) is 0 Å². The van der Waals surface area contributed by atoms with Crippen LogP contribution in [0.25, 0.3) is 10.7 Å². The number of nitrogens with one attached hydrogen (secondary N) is 2. The fourth-order valence-corrected chi connectivity index (χ4v) is 6.02. The van der Waals surface area contributed by atoms with Crippen LogP contribution in [0, 0.1) is 0 Å². The summed E-state index contributed by atoms with van der Waals surface area (Å²) in [4.78, 5) is 27.7. The highest BCUT2D eigenvalue weighted by Crippen LogP contribution is 2.44. The number of fused-ring (bicyclic) bond motifs is 2. The summed E-state index contributed by atoms with van der Waals surface area (Å²) < 4.78 is 6.22. The van der Waals surface area contributed by atoms with E-state index in [4.69, 9.17) is 4.74 Å². The number of thiophene rings is 1.